The van der Waals surface area contributed by atoms with Gasteiger partial charge in [-0.2, -0.15) is 5.26 Å². The lowest BCUT2D eigenvalue weighted by Crippen LogP contribution is -2.04. The summed E-state index contributed by atoms with van der Waals surface area (Å²) >= 11 is 0. The highest BCUT2D eigenvalue weighted by Gasteiger charge is 2.21. The Morgan fingerprint density at radius 2 is 2.21 bits per heavy atom. The van der Waals surface area contributed by atoms with Crippen molar-refractivity contribution in [2.45, 2.75) is 13.0 Å². The Labute approximate surface area is 77.4 Å². The maximum Gasteiger partial charge on any atom is 0.267 e. The van der Waals surface area contributed by atoms with Gasteiger partial charge < -0.3 is 5.11 Å². The minimum Gasteiger partial charge on any atom is -0.392 e. The third kappa shape index (κ3) is 1.67. The van der Waals surface area contributed by atoms with Gasteiger partial charge in [0.25, 0.3) is 6.43 Å². The Kier molecular flexibility index (Phi) is 3.04. The highest BCUT2D eigenvalue weighted by Crippen LogP contribution is 2.26. The second kappa shape index (κ2) is 4.07. The number of hydrogen-bond acceptors (Lipinski definition) is 3. The minimum atomic E-state index is -3.03. The molecule has 6 heteroatoms. The quantitative estimate of drug-likeness (QED) is 0.790. The Hall–Kier alpha value is -1.61. The van der Waals surface area contributed by atoms with Gasteiger partial charge in [0, 0.05) is 5.56 Å². The normalized spacial score (nSPS) is 10.3. The largest absolute Gasteiger partial charge is 0.392 e. The van der Waals surface area contributed by atoms with Crippen molar-refractivity contribution in [1.82, 2.24) is 4.98 Å². The Morgan fingerprint density at radius 1 is 1.57 bits per heavy atom. The summed E-state index contributed by atoms with van der Waals surface area (Å²) in [7, 11) is 0. The third-order valence-corrected chi connectivity index (χ3v) is 1.66. The van der Waals surface area contributed by atoms with Gasteiger partial charge in [-0.3, -0.25) is 0 Å². The number of nitrogens with zero attached hydrogens (tertiary/aromatic N) is 2. The van der Waals surface area contributed by atoms with E-state index in [1.807, 2.05) is 0 Å². The van der Waals surface area contributed by atoms with Gasteiger partial charge in [-0.15, -0.1) is 0 Å². The number of rotatable bonds is 2. The second-order valence-electron chi connectivity index (χ2n) is 2.42. The van der Waals surface area contributed by atoms with Crippen LogP contribution in [0, 0.1) is 17.1 Å². The van der Waals surface area contributed by atoms with Crippen LogP contribution in [-0.4, -0.2) is 10.1 Å². The van der Waals surface area contributed by atoms with Gasteiger partial charge in [-0.05, 0) is 0 Å². The van der Waals surface area contributed by atoms with E-state index in [0.717, 1.165) is 0 Å². The molecule has 74 valence electrons. The fourth-order valence-corrected chi connectivity index (χ4v) is 1.03. The SMILES string of the molecule is N#Cc1ncc(F)c(CO)c1C(F)F. The molecule has 0 aliphatic rings. The van der Waals surface area contributed by atoms with E-state index in [4.69, 9.17) is 10.4 Å². The molecule has 1 heterocycles. The summed E-state index contributed by atoms with van der Waals surface area (Å²) in [5, 5.41) is 17.1. The van der Waals surface area contributed by atoms with Crippen LogP contribution in [0.1, 0.15) is 23.2 Å². The number of aliphatic hydroxyl groups is 1. The molecule has 0 spiro atoms. The fourth-order valence-electron chi connectivity index (χ4n) is 1.03. The lowest BCUT2D eigenvalue weighted by molar-refractivity contribution is 0.145. The fraction of sp³-hybridized carbons (Fsp3) is 0.250. The zero-order valence-electron chi connectivity index (χ0n) is 6.84. The first-order valence-electron chi connectivity index (χ1n) is 3.58. The van der Waals surface area contributed by atoms with Gasteiger partial charge in [0.2, 0.25) is 0 Å². The lowest BCUT2D eigenvalue weighted by atomic mass is 10.1. The van der Waals surface area contributed by atoms with Crippen molar-refractivity contribution in [2.24, 2.45) is 0 Å². The van der Waals surface area contributed by atoms with Crippen LogP contribution in [0.5, 0.6) is 0 Å². The topological polar surface area (TPSA) is 56.9 Å². The minimum absolute atomic E-state index is 0.564. The van der Waals surface area contributed by atoms with E-state index in [-0.39, 0.29) is 0 Å². The van der Waals surface area contributed by atoms with Crippen LogP contribution in [-0.2, 0) is 6.61 Å². The van der Waals surface area contributed by atoms with Crippen molar-refractivity contribution in [3.63, 3.8) is 0 Å². The maximum atomic E-state index is 12.9. The summed E-state index contributed by atoms with van der Waals surface area (Å²) in [6.45, 7) is -0.886. The second-order valence-corrected chi connectivity index (χ2v) is 2.42. The summed E-state index contributed by atoms with van der Waals surface area (Å²) in [5.74, 6) is -1.04. The molecule has 14 heavy (non-hydrogen) atoms. The summed E-state index contributed by atoms with van der Waals surface area (Å²) in [4.78, 5) is 3.20. The molecule has 1 N–H and O–H groups in total. The van der Waals surface area contributed by atoms with Gasteiger partial charge in [-0.1, -0.05) is 0 Å². The van der Waals surface area contributed by atoms with E-state index in [1.165, 1.54) is 6.07 Å². The maximum absolute atomic E-state index is 12.9. The summed E-state index contributed by atoms with van der Waals surface area (Å²) in [6.07, 6.45) is -2.40. The van der Waals surface area contributed by atoms with Crippen LogP contribution in [0.2, 0.25) is 0 Å². The highest BCUT2D eigenvalue weighted by atomic mass is 19.3. The number of aliphatic hydroxyl groups excluding tert-OH is 1. The predicted octanol–water partition coefficient (Wildman–Crippen LogP) is 1.52. The standard InChI is InChI=1S/C8H5F3N2O/c9-5-2-13-6(1-12)7(8(10)11)4(5)3-14/h2,8,14H,3H2. The molecule has 1 aromatic rings. The van der Waals surface area contributed by atoms with Crippen molar-refractivity contribution < 1.29 is 18.3 Å². The molecule has 1 aromatic heterocycles. The van der Waals surface area contributed by atoms with Crippen molar-refractivity contribution in [3.8, 4) is 6.07 Å². The smallest absolute Gasteiger partial charge is 0.267 e. The molecule has 0 aliphatic carbocycles. The zero-order valence-corrected chi connectivity index (χ0v) is 6.84. The number of halogens is 3. The highest BCUT2D eigenvalue weighted by molar-refractivity contribution is 5.38. The molecule has 3 nitrogen and oxygen atoms in total. The predicted molar refractivity (Wildman–Crippen MR) is 39.8 cm³/mol. The summed E-state index contributed by atoms with van der Waals surface area (Å²) in [5.41, 5.74) is -1.98. The Bertz CT molecular complexity index is 387. The molecule has 0 radical (unpaired) electrons. The van der Waals surface area contributed by atoms with Crippen LogP contribution >= 0.6 is 0 Å². The summed E-state index contributed by atoms with van der Waals surface area (Å²) < 4.78 is 37.6. The molecule has 0 aromatic carbocycles. The molecular weight excluding hydrogens is 197 g/mol. The zero-order chi connectivity index (χ0) is 10.7. The molecule has 0 aliphatic heterocycles. The third-order valence-electron chi connectivity index (χ3n) is 1.66. The van der Waals surface area contributed by atoms with E-state index in [2.05, 4.69) is 4.98 Å². The number of alkyl halides is 2. The first kappa shape index (κ1) is 10.5. The van der Waals surface area contributed by atoms with Crippen molar-refractivity contribution in [2.75, 3.05) is 0 Å². The van der Waals surface area contributed by atoms with E-state index >= 15 is 0 Å². The van der Waals surface area contributed by atoms with Crippen LogP contribution in [0.4, 0.5) is 13.2 Å². The van der Waals surface area contributed by atoms with Crippen LogP contribution in [0.3, 0.4) is 0 Å². The van der Waals surface area contributed by atoms with Gasteiger partial charge in [0.05, 0.1) is 18.4 Å². The lowest BCUT2D eigenvalue weighted by Gasteiger charge is -2.07. The van der Waals surface area contributed by atoms with Gasteiger partial charge in [0.1, 0.15) is 17.6 Å². The van der Waals surface area contributed by atoms with Gasteiger partial charge >= 0.3 is 0 Å². The molecule has 0 atom stereocenters. The number of nitriles is 1. The molecule has 0 saturated carbocycles. The van der Waals surface area contributed by atoms with Gasteiger partial charge in [-0.25, -0.2) is 18.2 Å². The van der Waals surface area contributed by atoms with E-state index in [0.29, 0.717) is 6.20 Å². The van der Waals surface area contributed by atoms with E-state index in [1.54, 1.807) is 0 Å². The van der Waals surface area contributed by atoms with E-state index in [9.17, 15) is 13.2 Å². The van der Waals surface area contributed by atoms with Crippen molar-refractivity contribution >= 4 is 0 Å². The van der Waals surface area contributed by atoms with Crippen molar-refractivity contribution in [1.29, 1.82) is 5.26 Å². The average Bonchev–Trinajstić information content (AvgIpc) is 2.17. The monoisotopic (exact) mass is 202 g/mol. The molecule has 0 unspecified atom stereocenters. The van der Waals surface area contributed by atoms with E-state index < -0.39 is 35.7 Å². The molecular formula is C8H5F3N2O. The van der Waals surface area contributed by atoms with Crippen LogP contribution in [0.15, 0.2) is 6.20 Å². The first-order valence-corrected chi connectivity index (χ1v) is 3.58. The first-order chi connectivity index (χ1) is 6.61. The molecule has 0 saturated heterocycles. The van der Waals surface area contributed by atoms with Crippen molar-refractivity contribution in [3.05, 3.63) is 28.8 Å². The van der Waals surface area contributed by atoms with Crippen LogP contribution < -0.4 is 0 Å². The average molecular weight is 202 g/mol. The number of pyridine rings is 1. The molecule has 0 amide bonds. The number of hydrogen-bond donors (Lipinski definition) is 1. The number of aromatic nitrogens is 1. The van der Waals surface area contributed by atoms with Crippen LogP contribution in [0.25, 0.3) is 0 Å². The Balaban J connectivity index is 3.46. The Morgan fingerprint density at radius 3 is 2.64 bits per heavy atom. The molecule has 0 fully saturated rings. The molecule has 0 bridgehead atoms. The summed E-state index contributed by atoms with van der Waals surface area (Å²) in [6, 6.07) is 1.41. The van der Waals surface area contributed by atoms with Gasteiger partial charge in [0.15, 0.2) is 0 Å². The molecule has 1 rings (SSSR count).